The number of rotatable bonds is 6. The van der Waals surface area contributed by atoms with Gasteiger partial charge in [0.1, 0.15) is 23.7 Å². The summed E-state index contributed by atoms with van der Waals surface area (Å²) in [6.45, 7) is 4.58. The number of nitrogens with one attached hydrogen (secondary N) is 2. The van der Waals surface area contributed by atoms with Crippen LogP contribution in [0.2, 0.25) is 0 Å². The second-order valence-corrected chi connectivity index (χ2v) is 5.78. The van der Waals surface area contributed by atoms with Crippen molar-refractivity contribution in [1.82, 2.24) is 25.0 Å². The highest BCUT2D eigenvalue weighted by Crippen LogP contribution is 2.30. The minimum atomic E-state index is -0.0830. The Balaban J connectivity index is 1.76. The Hall–Kier alpha value is -2.51. The Bertz CT molecular complexity index is 688. The summed E-state index contributed by atoms with van der Waals surface area (Å²) in [6, 6.07) is -0.0830. The maximum absolute atomic E-state index is 7.82. The molecule has 1 fully saturated rings. The van der Waals surface area contributed by atoms with Gasteiger partial charge in [-0.3, -0.25) is 4.68 Å². The second kappa shape index (κ2) is 5.70. The van der Waals surface area contributed by atoms with Crippen molar-refractivity contribution in [2.45, 2.75) is 39.3 Å². The summed E-state index contributed by atoms with van der Waals surface area (Å²) in [4.78, 5) is 8.13. The van der Waals surface area contributed by atoms with Crippen LogP contribution in [0, 0.1) is 11.3 Å². The molecular weight excluding hydrogens is 280 g/mol. The van der Waals surface area contributed by atoms with Gasteiger partial charge in [-0.1, -0.05) is 5.21 Å². The molecule has 22 heavy (non-hydrogen) atoms. The minimum absolute atomic E-state index is 0.0830. The summed E-state index contributed by atoms with van der Waals surface area (Å²) in [5.41, 5.74) is 7.53. The zero-order chi connectivity index (χ0) is 15.7. The molecule has 2 aromatic heterocycles. The molecule has 0 amide bonds. The first-order valence-electron chi connectivity index (χ1n) is 7.37. The average molecular weight is 300 g/mol. The maximum atomic E-state index is 7.82. The van der Waals surface area contributed by atoms with E-state index < -0.39 is 0 Å². The molecule has 0 radical (unpaired) electrons. The third-order valence-corrected chi connectivity index (χ3v) is 3.75. The SMILES string of the molecule is CC(=N)c1c(N)ncnc1NC(C)c1cn(CC2CC2)nn1. The van der Waals surface area contributed by atoms with Crippen LogP contribution in [0.5, 0.6) is 0 Å². The topological polar surface area (TPSA) is 118 Å². The van der Waals surface area contributed by atoms with E-state index in [2.05, 4.69) is 25.6 Å². The van der Waals surface area contributed by atoms with Crippen LogP contribution in [-0.2, 0) is 6.54 Å². The van der Waals surface area contributed by atoms with Gasteiger partial charge >= 0.3 is 0 Å². The van der Waals surface area contributed by atoms with Crippen molar-refractivity contribution in [3.63, 3.8) is 0 Å². The molecule has 0 spiro atoms. The molecule has 1 aliphatic rings. The quantitative estimate of drug-likeness (QED) is 0.698. The first-order valence-corrected chi connectivity index (χ1v) is 7.37. The van der Waals surface area contributed by atoms with Crippen LogP contribution >= 0.6 is 0 Å². The van der Waals surface area contributed by atoms with E-state index in [9.17, 15) is 0 Å². The van der Waals surface area contributed by atoms with Gasteiger partial charge in [0.2, 0.25) is 0 Å². The molecule has 0 saturated heterocycles. The predicted octanol–water partition coefficient (Wildman–Crippen LogP) is 1.62. The Labute approximate surface area is 128 Å². The largest absolute Gasteiger partial charge is 0.383 e. The smallest absolute Gasteiger partial charge is 0.141 e. The third-order valence-electron chi connectivity index (χ3n) is 3.75. The average Bonchev–Trinajstić information content (AvgIpc) is 3.13. The number of nitrogens with zero attached hydrogens (tertiary/aromatic N) is 5. The molecule has 8 nitrogen and oxygen atoms in total. The highest BCUT2D eigenvalue weighted by atomic mass is 15.4. The molecule has 4 N–H and O–H groups in total. The summed E-state index contributed by atoms with van der Waals surface area (Å²) in [6.07, 6.45) is 5.91. The Morgan fingerprint density at radius 1 is 1.50 bits per heavy atom. The second-order valence-electron chi connectivity index (χ2n) is 5.78. The molecule has 0 bridgehead atoms. The van der Waals surface area contributed by atoms with Gasteiger partial charge in [-0.05, 0) is 32.6 Å². The van der Waals surface area contributed by atoms with E-state index in [0.29, 0.717) is 22.9 Å². The summed E-state index contributed by atoms with van der Waals surface area (Å²) >= 11 is 0. The Morgan fingerprint density at radius 3 is 2.95 bits per heavy atom. The fraction of sp³-hybridized carbons (Fsp3) is 0.500. The van der Waals surface area contributed by atoms with Crippen molar-refractivity contribution < 1.29 is 0 Å². The van der Waals surface area contributed by atoms with Gasteiger partial charge in [0.05, 0.1) is 17.8 Å². The predicted molar refractivity (Wildman–Crippen MR) is 83.7 cm³/mol. The molecule has 1 unspecified atom stereocenters. The fourth-order valence-electron chi connectivity index (χ4n) is 2.32. The standard InChI is InChI=1S/C14H20N8/c1-8(15)12-13(16)17-7-18-14(12)19-9(2)11-6-22(21-20-11)5-10-3-4-10/h6-7,9-10,15H,3-5H2,1-2H3,(H3,16,17,18,19). The molecular formula is C14H20N8. The lowest BCUT2D eigenvalue weighted by atomic mass is 10.1. The van der Waals surface area contributed by atoms with Crippen molar-refractivity contribution in [1.29, 1.82) is 5.41 Å². The van der Waals surface area contributed by atoms with Gasteiger partial charge in [-0.2, -0.15) is 0 Å². The van der Waals surface area contributed by atoms with Crippen molar-refractivity contribution in [3.05, 3.63) is 23.8 Å². The van der Waals surface area contributed by atoms with Gasteiger partial charge < -0.3 is 16.5 Å². The number of nitrogen functional groups attached to an aromatic ring is 1. The van der Waals surface area contributed by atoms with Crippen molar-refractivity contribution in [3.8, 4) is 0 Å². The molecule has 2 aromatic rings. The van der Waals surface area contributed by atoms with Crippen LogP contribution in [0.4, 0.5) is 11.6 Å². The number of hydrogen-bond acceptors (Lipinski definition) is 7. The van der Waals surface area contributed by atoms with E-state index in [1.54, 1.807) is 6.92 Å². The lowest BCUT2D eigenvalue weighted by Gasteiger charge is -2.15. The van der Waals surface area contributed by atoms with Crippen molar-refractivity contribution in [2.75, 3.05) is 11.1 Å². The number of nitrogens with two attached hydrogens (primary N) is 1. The first kappa shape index (κ1) is 14.4. The molecule has 0 aromatic carbocycles. The molecule has 3 rings (SSSR count). The van der Waals surface area contributed by atoms with E-state index in [1.165, 1.54) is 19.2 Å². The summed E-state index contributed by atoms with van der Waals surface area (Å²) in [5, 5.41) is 19.4. The van der Waals surface area contributed by atoms with Gasteiger partial charge in [-0.25, -0.2) is 9.97 Å². The highest BCUT2D eigenvalue weighted by molar-refractivity contribution is 6.04. The van der Waals surface area contributed by atoms with E-state index in [0.717, 1.165) is 18.2 Å². The number of anilines is 2. The number of aromatic nitrogens is 5. The summed E-state index contributed by atoms with van der Waals surface area (Å²) in [5.74, 6) is 1.60. The molecule has 1 saturated carbocycles. The van der Waals surface area contributed by atoms with E-state index in [4.69, 9.17) is 11.1 Å². The van der Waals surface area contributed by atoms with Crippen LogP contribution in [-0.4, -0.2) is 30.7 Å². The number of hydrogen-bond donors (Lipinski definition) is 3. The van der Waals surface area contributed by atoms with Crippen LogP contribution in [0.15, 0.2) is 12.5 Å². The molecule has 1 atom stereocenters. The fourth-order valence-corrected chi connectivity index (χ4v) is 2.32. The minimum Gasteiger partial charge on any atom is -0.383 e. The van der Waals surface area contributed by atoms with Crippen molar-refractivity contribution >= 4 is 17.3 Å². The maximum Gasteiger partial charge on any atom is 0.141 e. The van der Waals surface area contributed by atoms with E-state index in [1.807, 2.05) is 17.8 Å². The van der Waals surface area contributed by atoms with Gasteiger partial charge in [-0.15, -0.1) is 5.10 Å². The van der Waals surface area contributed by atoms with Gasteiger partial charge in [0.15, 0.2) is 0 Å². The molecule has 8 heteroatoms. The zero-order valence-corrected chi connectivity index (χ0v) is 12.7. The highest BCUT2D eigenvalue weighted by Gasteiger charge is 2.23. The lowest BCUT2D eigenvalue weighted by Crippen LogP contribution is -2.14. The Morgan fingerprint density at radius 2 is 2.27 bits per heavy atom. The molecule has 1 aliphatic carbocycles. The zero-order valence-electron chi connectivity index (χ0n) is 12.7. The van der Waals surface area contributed by atoms with Crippen LogP contribution in [0.25, 0.3) is 0 Å². The normalized spacial score (nSPS) is 15.5. The first-order chi connectivity index (χ1) is 10.5. The van der Waals surface area contributed by atoms with Crippen molar-refractivity contribution in [2.24, 2.45) is 5.92 Å². The molecule has 2 heterocycles. The van der Waals surface area contributed by atoms with Crippen LogP contribution in [0.3, 0.4) is 0 Å². The van der Waals surface area contributed by atoms with Crippen LogP contribution < -0.4 is 11.1 Å². The van der Waals surface area contributed by atoms with Crippen LogP contribution in [0.1, 0.15) is 44.0 Å². The monoisotopic (exact) mass is 300 g/mol. The third kappa shape index (κ3) is 3.05. The molecule has 116 valence electrons. The van der Waals surface area contributed by atoms with E-state index in [-0.39, 0.29) is 6.04 Å². The summed E-state index contributed by atoms with van der Waals surface area (Å²) < 4.78 is 1.89. The van der Waals surface area contributed by atoms with Gasteiger partial charge in [0, 0.05) is 12.3 Å². The lowest BCUT2D eigenvalue weighted by molar-refractivity contribution is 0.544. The van der Waals surface area contributed by atoms with Gasteiger partial charge in [0.25, 0.3) is 0 Å². The van der Waals surface area contributed by atoms with E-state index >= 15 is 0 Å². The molecule has 0 aliphatic heterocycles. The Kier molecular flexibility index (Phi) is 3.74. The summed E-state index contributed by atoms with van der Waals surface area (Å²) in [7, 11) is 0.